The van der Waals surface area contributed by atoms with Gasteiger partial charge in [0.2, 0.25) is 5.95 Å². The van der Waals surface area contributed by atoms with Crippen LogP contribution in [0.3, 0.4) is 0 Å². The van der Waals surface area contributed by atoms with Crippen LogP contribution in [0.2, 0.25) is 0 Å². The lowest BCUT2D eigenvalue weighted by molar-refractivity contribution is 0.105. The van der Waals surface area contributed by atoms with Gasteiger partial charge in [0.1, 0.15) is 10.6 Å². The quantitative estimate of drug-likeness (QED) is 0.870. The van der Waals surface area contributed by atoms with Gasteiger partial charge in [-0.2, -0.15) is 4.98 Å². The van der Waals surface area contributed by atoms with Crippen molar-refractivity contribution in [1.82, 2.24) is 9.97 Å². The zero-order valence-corrected chi connectivity index (χ0v) is 11.3. The monoisotopic (exact) mass is 264 g/mol. The number of rotatable bonds is 2. The standard InChI is InChI=1S/C12H16N4OS/c1-7-12(2,4-5-17-7)16-9-8-3-6-18-10(8)15-11(13)14-9/h3,6-7H,4-5H2,1-2H3,(H3,13,14,15,16). The number of hydrogen-bond acceptors (Lipinski definition) is 6. The molecule has 0 spiro atoms. The van der Waals surface area contributed by atoms with Crippen LogP contribution in [-0.2, 0) is 4.74 Å². The molecule has 0 aromatic carbocycles. The lowest BCUT2D eigenvalue weighted by Crippen LogP contribution is -2.41. The van der Waals surface area contributed by atoms with Gasteiger partial charge in [0, 0.05) is 6.61 Å². The highest BCUT2D eigenvalue weighted by Gasteiger charge is 2.37. The van der Waals surface area contributed by atoms with Crippen LogP contribution in [0.4, 0.5) is 11.8 Å². The van der Waals surface area contributed by atoms with Crippen molar-refractivity contribution >= 4 is 33.3 Å². The Hall–Kier alpha value is -1.40. The van der Waals surface area contributed by atoms with E-state index in [1.807, 2.05) is 11.4 Å². The van der Waals surface area contributed by atoms with Gasteiger partial charge >= 0.3 is 0 Å². The Balaban J connectivity index is 2.01. The summed E-state index contributed by atoms with van der Waals surface area (Å²) >= 11 is 1.57. The second-order valence-corrected chi connectivity index (χ2v) is 5.77. The number of hydrogen-bond donors (Lipinski definition) is 2. The minimum atomic E-state index is -0.102. The van der Waals surface area contributed by atoms with Crippen LogP contribution < -0.4 is 11.1 Å². The first-order valence-corrected chi connectivity index (χ1v) is 6.87. The number of aromatic nitrogens is 2. The highest BCUT2D eigenvalue weighted by molar-refractivity contribution is 7.16. The SMILES string of the molecule is CC1OCCC1(C)Nc1nc(N)nc2sccc12. The molecule has 3 rings (SSSR count). The van der Waals surface area contributed by atoms with Gasteiger partial charge in [-0.15, -0.1) is 11.3 Å². The van der Waals surface area contributed by atoms with E-state index in [0.717, 1.165) is 29.1 Å². The Morgan fingerprint density at radius 1 is 1.56 bits per heavy atom. The van der Waals surface area contributed by atoms with Crippen LogP contribution in [-0.4, -0.2) is 28.2 Å². The van der Waals surface area contributed by atoms with E-state index in [9.17, 15) is 0 Å². The van der Waals surface area contributed by atoms with Crippen molar-refractivity contribution in [3.63, 3.8) is 0 Å². The topological polar surface area (TPSA) is 73.1 Å². The number of nitrogens with one attached hydrogen (secondary N) is 1. The highest BCUT2D eigenvalue weighted by atomic mass is 32.1. The van der Waals surface area contributed by atoms with Crippen LogP contribution in [0, 0.1) is 0 Å². The maximum atomic E-state index is 5.75. The molecule has 2 aromatic rings. The number of ether oxygens (including phenoxy) is 1. The van der Waals surface area contributed by atoms with Crippen molar-refractivity contribution in [3.05, 3.63) is 11.4 Å². The van der Waals surface area contributed by atoms with Gasteiger partial charge in [0.25, 0.3) is 0 Å². The highest BCUT2D eigenvalue weighted by Crippen LogP contribution is 2.33. The molecule has 1 aliphatic rings. The molecule has 0 aliphatic carbocycles. The molecule has 2 aromatic heterocycles. The third-order valence-electron chi connectivity index (χ3n) is 3.63. The zero-order valence-electron chi connectivity index (χ0n) is 10.4. The average molecular weight is 264 g/mol. The molecule has 1 fully saturated rings. The van der Waals surface area contributed by atoms with Crippen molar-refractivity contribution in [2.75, 3.05) is 17.7 Å². The minimum absolute atomic E-state index is 0.102. The second kappa shape index (κ2) is 4.07. The molecule has 6 heteroatoms. The number of nitrogens with zero attached hydrogens (tertiary/aromatic N) is 2. The average Bonchev–Trinajstić information content (AvgIpc) is 2.87. The Labute approximate surface area is 109 Å². The molecule has 0 bridgehead atoms. The number of fused-ring (bicyclic) bond motifs is 1. The number of anilines is 2. The Morgan fingerprint density at radius 2 is 2.39 bits per heavy atom. The summed E-state index contributed by atoms with van der Waals surface area (Å²) in [7, 11) is 0. The first-order valence-electron chi connectivity index (χ1n) is 5.99. The van der Waals surface area contributed by atoms with Crippen molar-refractivity contribution < 1.29 is 4.74 Å². The van der Waals surface area contributed by atoms with Gasteiger partial charge in [0.15, 0.2) is 0 Å². The first kappa shape index (κ1) is 11.7. The van der Waals surface area contributed by atoms with E-state index < -0.39 is 0 Å². The summed E-state index contributed by atoms with van der Waals surface area (Å²) in [6, 6.07) is 2.02. The molecule has 3 heterocycles. The molecule has 96 valence electrons. The molecule has 1 aliphatic heterocycles. The van der Waals surface area contributed by atoms with Crippen LogP contribution in [0.1, 0.15) is 20.3 Å². The zero-order chi connectivity index (χ0) is 12.8. The Kier molecular flexibility index (Phi) is 2.64. The molecule has 0 amide bonds. The van der Waals surface area contributed by atoms with E-state index in [-0.39, 0.29) is 11.6 Å². The van der Waals surface area contributed by atoms with Gasteiger partial charge in [-0.3, -0.25) is 0 Å². The third kappa shape index (κ3) is 1.81. The summed E-state index contributed by atoms with van der Waals surface area (Å²) in [5, 5.41) is 6.51. The summed E-state index contributed by atoms with van der Waals surface area (Å²) in [5.74, 6) is 1.11. The maximum absolute atomic E-state index is 5.75. The van der Waals surface area contributed by atoms with Crippen molar-refractivity contribution in [2.24, 2.45) is 0 Å². The molecule has 1 saturated heterocycles. The Bertz CT molecular complexity index is 584. The second-order valence-electron chi connectivity index (χ2n) is 4.88. The third-order valence-corrected chi connectivity index (χ3v) is 4.44. The van der Waals surface area contributed by atoms with Gasteiger partial charge in [-0.25, -0.2) is 4.98 Å². The molecule has 3 N–H and O–H groups in total. The molecule has 18 heavy (non-hydrogen) atoms. The van der Waals surface area contributed by atoms with Gasteiger partial charge in [0.05, 0.1) is 17.0 Å². The maximum Gasteiger partial charge on any atom is 0.223 e. The van der Waals surface area contributed by atoms with E-state index in [1.54, 1.807) is 11.3 Å². The molecule has 0 radical (unpaired) electrons. The predicted molar refractivity (Wildman–Crippen MR) is 73.9 cm³/mol. The van der Waals surface area contributed by atoms with Crippen LogP contribution in [0.5, 0.6) is 0 Å². The van der Waals surface area contributed by atoms with Crippen LogP contribution >= 0.6 is 11.3 Å². The largest absolute Gasteiger partial charge is 0.376 e. The van der Waals surface area contributed by atoms with Crippen LogP contribution in [0.15, 0.2) is 11.4 Å². The smallest absolute Gasteiger partial charge is 0.223 e. The van der Waals surface area contributed by atoms with E-state index in [4.69, 9.17) is 10.5 Å². The summed E-state index contributed by atoms with van der Waals surface area (Å²) in [6.45, 7) is 5.01. The van der Waals surface area contributed by atoms with Crippen molar-refractivity contribution in [1.29, 1.82) is 0 Å². The summed E-state index contributed by atoms with van der Waals surface area (Å²) in [4.78, 5) is 9.47. The molecule has 5 nitrogen and oxygen atoms in total. The van der Waals surface area contributed by atoms with E-state index in [0.29, 0.717) is 5.95 Å². The summed E-state index contributed by atoms with van der Waals surface area (Å²) < 4.78 is 5.63. The summed E-state index contributed by atoms with van der Waals surface area (Å²) in [6.07, 6.45) is 1.12. The molecular weight excluding hydrogens is 248 g/mol. The van der Waals surface area contributed by atoms with Gasteiger partial charge in [-0.05, 0) is 31.7 Å². The van der Waals surface area contributed by atoms with E-state index >= 15 is 0 Å². The fraction of sp³-hybridized carbons (Fsp3) is 0.500. The van der Waals surface area contributed by atoms with E-state index in [1.165, 1.54) is 0 Å². The number of nitrogen functional groups attached to an aromatic ring is 1. The van der Waals surface area contributed by atoms with Gasteiger partial charge < -0.3 is 15.8 Å². The van der Waals surface area contributed by atoms with Crippen molar-refractivity contribution in [3.8, 4) is 0 Å². The predicted octanol–water partition coefficient (Wildman–Crippen LogP) is 2.25. The Morgan fingerprint density at radius 3 is 3.11 bits per heavy atom. The number of nitrogens with two attached hydrogens (primary N) is 1. The van der Waals surface area contributed by atoms with Gasteiger partial charge in [-0.1, -0.05) is 0 Å². The fourth-order valence-corrected chi connectivity index (χ4v) is 3.01. The first-order chi connectivity index (χ1) is 8.58. The number of thiophene rings is 1. The molecule has 0 saturated carbocycles. The molecule has 2 unspecified atom stereocenters. The lowest BCUT2D eigenvalue weighted by atomic mass is 9.94. The minimum Gasteiger partial charge on any atom is -0.376 e. The lowest BCUT2D eigenvalue weighted by Gasteiger charge is -2.29. The fourth-order valence-electron chi connectivity index (χ4n) is 2.24. The van der Waals surface area contributed by atoms with Crippen LogP contribution in [0.25, 0.3) is 10.2 Å². The molecular formula is C12H16N4OS. The molecule has 2 atom stereocenters. The normalized spacial score (nSPS) is 27.8. The van der Waals surface area contributed by atoms with Crippen molar-refractivity contribution in [2.45, 2.75) is 31.9 Å². The summed E-state index contributed by atoms with van der Waals surface area (Å²) in [5.41, 5.74) is 5.65. The van der Waals surface area contributed by atoms with E-state index in [2.05, 4.69) is 29.1 Å².